The second-order valence-electron chi connectivity index (χ2n) is 10.7. The van der Waals surface area contributed by atoms with Gasteiger partial charge in [-0.3, -0.25) is 4.79 Å². The average Bonchev–Trinajstić information content (AvgIpc) is 3.06. The number of ether oxygens (including phenoxy) is 2. The van der Waals surface area contributed by atoms with E-state index in [1.54, 1.807) is 9.80 Å². The molecule has 0 radical (unpaired) electrons. The van der Waals surface area contributed by atoms with E-state index in [0.29, 0.717) is 44.2 Å². The lowest BCUT2D eigenvalue weighted by Crippen LogP contribution is -2.42. The number of fused-ring (bicyclic) bond motifs is 1. The summed E-state index contributed by atoms with van der Waals surface area (Å²) in [7, 11) is 0. The van der Waals surface area contributed by atoms with Gasteiger partial charge in [0.15, 0.2) is 5.13 Å². The molecule has 0 spiro atoms. The van der Waals surface area contributed by atoms with E-state index in [0.717, 1.165) is 23.4 Å². The van der Waals surface area contributed by atoms with Gasteiger partial charge in [0.25, 0.3) is 0 Å². The third-order valence-electron chi connectivity index (χ3n) is 5.37. The number of hydrogen-bond acceptors (Lipinski definition) is 7. The first kappa shape index (κ1) is 25.3. The van der Waals surface area contributed by atoms with Crippen molar-refractivity contribution in [3.05, 3.63) is 10.6 Å². The van der Waals surface area contributed by atoms with Gasteiger partial charge in [0, 0.05) is 37.4 Å². The van der Waals surface area contributed by atoms with E-state index in [4.69, 9.17) is 9.47 Å². The largest absolute Gasteiger partial charge is 0.444 e. The van der Waals surface area contributed by atoms with E-state index in [9.17, 15) is 14.4 Å². The third kappa shape index (κ3) is 7.58. The number of anilines is 1. The molecule has 0 atom stereocenters. The fourth-order valence-electron chi connectivity index (χ4n) is 3.81. The van der Waals surface area contributed by atoms with Gasteiger partial charge in [-0.2, -0.15) is 0 Å². The van der Waals surface area contributed by atoms with Gasteiger partial charge in [0.2, 0.25) is 5.91 Å². The molecule has 1 aromatic heterocycles. The van der Waals surface area contributed by atoms with Crippen molar-refractivity contribution >= 4 is 34.6 Å². The van der Waals surface area contributed by atoms with E-state index in [2.05, 4.69) is 10.3 Å². The number of hydrogen-bond donors (Lipinski definition) is 1. The van der Waals surface area contributed by atoms with Crippen LogP contribution in [0.2, 0.25) is 0 Å². The molecular formula is C23H36N4O5S. The van der Waals surface area contributed by atoms with Gasteiger partial charge in [-0.15, -0.1) is 0 Å². The molecule has 33 heavy (non-hydrogen) atoms. The van der Waals surface area contributed by atoms with Crippen molar-refractivity contribution in [2.45, 2.75) is 85.0 Å². The summed E-state index contributed by atoms with van der Waals surface area (Å²) in [6.45, 7) is 13.3. The van der Waals surface area contributed by atoms with Gasteiger partial charge in [-0.05, 0) is 60.3 Å². The highest BCUT2D eigenvalue weighted by Crippen LogP contribution is 2.30. The van der Waals surface area contributed by atoms with Crippen LogP contribution in [0.15, 0.2) is 0 Å². The van der Waals surface area contributed by atoms with Crippen molar-refractivity contribution in [1.82, 2.24) is 14.8 Å². The van der Waals surface area contributed by atoms with E-state index >= 15 is 0 Å². The first-order valence-corrected chi connectivity index (χ1v) is 12.3. The second-order valence-corrected chi connectivity index (χ2v) is 11.8. The Bertz CT molecular complexity index is 878. The van der Waals surface area contributed by atoms with Crippen molar-refractivity contribution in [2.75, 3.05) is 25.0 Å². The fraction of sp³-hybridized carbons (Fsp3) is 0.739. The number of amides is 3. The highest BCUT2D eigenvalue weighted by atomic mass is 32.1. The fourth-order valence-corrected chi connectivity index (χ4v) is 4.85. The quantitative estimate of drug-likeness (QED) is 0.688. The molecule has 2 aliphatic rings. The maximum absolute atomic E-state index is 12.6. The Balaban J connectivity index is 1.46. The summed E-state index contributed by atoms with van der Waals surface area (Å²) in [6, 6.07) is 0. The molecule has 1 N–H and O–H groups in total. The Morgan fingerprint density at radius 2 is 1.55 bits per heavy atom. The highest BCUT2D eigenvalue weighted by molar-refractivity contribution is 7.15. The Morgan fingerprint density at radius 3 is 2.12 bits per heavy atom. The standard InChI is InChI=1S/C23H36N4O5S/c1-22(2,3)31-20(29)26-10-7-15(8-11-26)13-18(28)25-19-24-16-9-12-27(14-17(16)33-19)21(30)32-23(4,5)6/h15H,7-14H2,1-6H3,(H,24,25,28). The van der Waals surface area contributed by atoms with Gasteiger partial charge in [-0.25, -0.2) is 14.6 Å². The minimum absolute atomic E-state index is 0.0687. The maximum atomic E-state index is 12.6. The van der Waals surface area contributed by atoms with Crippen LogP contribution in [0.1, 0.15) is 71.4 Å². The molecule has 0 unspecified atom stereocenters. The number of carbonyl (C=O) groups excluding carboxylic acids is 3. The Labute approximate surface area is 199 Å². The Morgan fingerprint density at radius 1 is 0.970 bits per heavy atom. The van der Waals surface area contributed by atoms with Gasteiger partial charge in [0.05, 0.1) is 12.2 Å². The summed E-state index contributed by atoms with van der Waals surface area (Å²) in [6.07, 6.45) is 1.96. The molecule has 9 nitrogen and oxygen atoms in total. The zero-order valence-electron chi connectivity index (χ0n) is 20.5. The first-order valence-electron chi connectivity index (χ1n) is 11.5. The number of nitrogens with one attached hydrogen (secondary N) is 1. The van der Waals surface area contributed by atoms with Crippen LogP contribution in [0.5, 0.6) is 0 Å². The average molecular weight is 481 g/mol. The number of thiazole rings is 1. The van der Waals surface area contributed by atoms with Crippen LogP contribution in [0.3, 0.4) is 0 Å². The summed E-state index contributed by atoms with van der Waals surface area (Å²) in [4.78, 5) is 46.1. The molecule has 1 fully saturated rings. The molecular weight excluding hydrogens is 444 g/mol. The van der Waals surface area contributed by atoms with Crippen LogP contribution >= 0.6 is 11.3 Å². The molecule has 2 aliphatic heterocycles. The van der Waals surface area contributed by atoms with Gasteiger partial charge >= 0.3 is 12.2 Å². The molecule has 0 aromatic carbocycles. The van der Waals surface area contributed by atoms with E-state index in [1.807, 2.05) is 41.5 Å². The minimum Gasteiger partial charge on any atom is -0.444 e. The van der Waals surface area contributed by atoms with Crippen molar-refractivity contribution in [1.29, 1.82) is 0 Å². The molecule has 0 saturated carbocycles. The van der Waals surface area contributed by atoms with Crippen LogP contribution in [-0.2, 0) is 27.2 Å². The zero-order valence-corrected chi connectivity index (χ0v) is 21.3. The van der Waals surface area contributed by atoms with Gasteiger partial charge < -0.3 is 24.6 Å². The number of nitrogens with zero attached hydrogens (tertiary/aromatic N) is 3. The van der Waals surface area contributed by atoms with E-state index < -0.39 is 11.2 Å². The summed E-state index contributed by atoms with van der Waals surface area (Å²) in [5, 5.41) is 3.49. The number of rotatable bonds is 3. The smallest absolute Gasteiger partial charge is 0.410 e. The van der Waals surface area contributed by atoms with Crippen LogP contribution < -0.4 is 5.32 Å². The summed E-state index contributed by atoms with van der Waals surface area (Å²) >= 11 is 1.41. The highest BCUT2D eigenvalue weighted by Gasteiger charge is 2.30. The lowest BCUT2D eigenvalue weighted by molar-refractivity contribution is -0.117. The zero-order chi connectivity index (χ0) is 24.4. The Kier molecular flexibility index (Phi) is 7.55. The van der Waals surface area contributed by atoms with Crippen molar-refractivity contribution < 1.29 is 23.9 Å². The molecule has 3 rings (SSSR count). The first-order chi connectivity index (χ1) is 15.3. The van der Waals surface area contributed by atoms with Crippen LogP contribution in [0.4, 0.5) is 14.7 Å². The van der Waals surface area contributed by atoms with Gasteiger partial charge in [0.1, 0.15) is 11.2 Å². The lowest BCUT2D eigenvalue weighted by Gasteiger charge is -2.33. The maximum Gasteiger partial charge on any atom is 0.410 e. The molecule has 0 aliphatic carbocycles. The predicted molar refractivity (Wildman–Crippen MR) is 126 cm³/mol. The monoisotopic (exact) mass is 480 g/mol. The van der Waals surface area contributed by atoms with E-state index in [-0.39, 0.29) is 24.0 Å². The van der Waals surface area contributed by atoms with Gasteiger partial charge in [-0.1, -0.05) is 11.3 Å². The van der Waals surface area contributed by atoms with Crippen molar-refractivity contribution in [2.24, 2.45) is 5.92 Å². The summed E-state index contributed by atoms with van der Waals surface area (Å²) in [5.74, 6) is 0.154. The van der Waals surface area contributed by atoms with Crippen LogP contribution in [-0.4, -0.2) is 63.7 Å². The Hall–Kier alpha value is -2.36. The molecule has 1 aromatic rings. The molecule has 184 valence electrons. The van der Waals surface area contributed by atoms with Crippen molar-refractivity contribution in [3.8, 4) is 0 Å². The van der Waals surface area contributed by atoms with Crippen LogP contribution in [0, 0.1) is 5.92 Å². The molecule has 3 amide bonds. The number of piperidine rings is 1. The van der Waals surface area contributed by atoms with E-state index in [1.165, 1.54) is 11.3 Å². The van der Waals surface area contributed by atoms with Crippen molar-refractivity contribution in [3.63, 3.8) is 0 Å². The SMILES string of the molecule is CC(C)(C)OC(=O)N1CCC(CC(=O)Nc2nc3c(s2)CN(C(=O)OC(C)(C)C)CC3)CC1. The second kappa shape index (κ2) is 9.87. The molecule has 3 heterocycles. The minimum atomic E-state index is -0.534. The molecule has 1 saturated heterocycles. The topological polar surface area (TPSA) is 101 Å². The van der Waals surface area contributed by atoms with Crippen LogP contribution in [0.25, 0.3) is 0 Å². The lowest BCUT2D eigenvalue weighted by atomic mass is 9.93. The number of likely N-dealkylation sites (tertiary alicyclic amines) is 1. The summed E-state index contributed by atoms with van der Waals surface area (Å²) < 4.78 is 10.9. The molecule has 10 heteroatoms. The third-order valence-corrected chi connectivity index (χ3v) is 6.37. The number of aromatic nitrogens is 1. The summed E-state index contributed by atoms with van der Waals surface area (Å²) in [5.41, 5.74) is -0.113. The number of carbonyl (C=O) groups is 3. The normalized spacial score (nSPS) is 17.4. The predicted octanol–water partition coefficient (Wildman–Crippen LogP) is 4.41. The molecule has 0 bridgehead atoms.